The van der Waals surface area contributed by atoms with E-state index in [9.17, 15) is 4.39 Å². The summed E-state index contributed by atoms with van der Waals surface area (Å²) in [6.45, 7) is 2.53. The molecule has 0 aliphatic carbocycles. The van der Waals surface area contributed by atoms with Gasteiger partial charge in [0.2, 0.25) is 0 Å². The Labute approximate surface area is 88.6 Å². The minimum absolute atomic E-state index is 0.214. The molecule has 0 fully saturated rings. The van der Waals surface area contributed by atoms with Crippen LogP contribution in [0.5, 0.6) is 0 Å². The number of hydrogen-bond acceptors (Lipinski definition) is 1. The van der Waals surface area contributed by atoms with E-state index in [4.69, 9.17) is 11.6 Å². The Hall–Kier alpha value is -1.02. The maximum absolute atomic E-state index is 12.9. The maximum Gasteiger partial charge on any atom is 0.125 e. The van der Waals surface area contributed by atoms with Gasteiger partial charge in [0.1, 0.15) is 5.82 Å². The highest BCUT2D eigenvalue weighted by Gasteiger charge is 1.95. The van der Waals surface area contributed by atoms with Gasteiger partial charge in [-0.2, -0.15) is 0 Å². The standard InChI is InChI=1S/C11H13ClFN/c1-9-6-10(13)8-11(7-9)14-5-3-2-4-12/h2-3,6-8,14H,4-5H2,1H3/b3-2+. The second-order valence-corrected chi connectivity index (χ2v) is 3.33. The van der Waals surface area contributed by atoms with Gasteiger partial charge < -0.3 is 5.32 Å². The molecule has 0 radical (unpaired) electrons. The fraction of sp³-hybridized carbons (Fsp3) is 0.273. The summed E-state index contributed by atoms with van der Waals surface area (Å²) in [6, 6.07) is 4.87. The first-order chi connectivity index (χ1) is 6.72. The summed E-state index contributed by atoms with van der Waals surface area (Å²) in [7, 11) is 0. The number of halogens is 2. The van der Waals surface area contributed by atoms with E-state index < -0.39 is 0 Å². The van der Waals surface area contributed by atoms with Crippen LogP contribution in [0.25, 0.3) is 0 Å². The molecule has 3 heteroatoms. The third-order valence-electron chi connectivity index (χ3n) is 1.72. The molecular formula is C11H13ClFN. The fourth-order valence-corrected chi connectivity index (χ4v) is 1.29. The zero-order chi connectivity index (χ0) is 10.4. The molecular weight excluding hydrogens is 201 g/mol. The van der Waals surface area contributed by atoms with Gasteiger partial charge in [0.05, 0.1) is 0 Å². The van der Waals surface area contributed by atoms with Crippen LogP contribution < -0.4 is 5.32 Å². The van der Waals surface area contributed by atoms with Gasteiger partial charge in [-0.1, -0.05) is 12.2 Å². The number of nitrogens with one attached hydrogen (secondary N) is 1. The second kappa shape index (κ2) is 5.66. The Morgan fingerprint density at radius 3 is 2.79 bits per heavy atom. The number of anilines is 1. The van der Waals surface area contributed by atoms with Crippen LogP contribution in [-0.4, -0.2) is 12.4 Å². The molecule has 0 saturated heterocycles. The van der Waals surface area contributed by atoms with Crippen molar-refractivity contribution in [1.82, 2.24) is 0 Å². The second-order valence-electron chi connectivity index (χ2n) is 3.02. The highest BCUT2D eigenvalue weighted by Crippen LogP contribution is 2.12. The lowest BCUT2D eigenvalue weighted by molar-refractivity contribution is 0.627. The zero-order valence-electron chi connectivity index (χ0n) is 8.06. The van der Waals surface area contributed by atoms with E-state index in [-0.39, 0.29) is 5.82 Å². The lowest BCUT2D eigenvalue weighted by Crippen LogP contribution is -1.98. The smallest absolute Gasteiger partial charge is 0.125 e. The number of aryl methyl sites for hydroxylation is 1. The first-order valence-electron chi connectivity index (χ1n) is 4.44. The molecule has 1 rings (SSSR count). The van der Waals surface area contributed by atoms with Crippen LogP contribution >= 0.6 is 11.6 Å². The lowest BCUT2D eigenvalue weighted by Gasteiger charge is -2.04. The van der Waals surface area contributed by atoms with Crippen LogP contribution in [0.4, 0.5) is 10.1 Å². The van der Waals surface area contributed by atoms with Crippen LogP contribution in [-0.2, 0) is 0 Å². The molecule has 0 unspecified atom stereocenters. The van der Waals surface area contributed by atoms with E-state index in [2.05, 4.69) is 5.32 Å². The number of hydrogen-bond donors (Lipinski definition) is 1. The third kappa shape index (κ3) is 3.79. The quantitative estimate of drug-likeness (QED) is 0.598. The van der Waals surface area contributed by atoms with Crippen molar-refractivity contribution in [2.75, 3.05) is 17.7 Å². The van der Waals surface area contributed by atoms with Gasteiger partial charge in [-0.3, -0.25) is 0 Å². The van der Waals surface area contributed by atoms with Gasteiger partial charge in [-0.15, -0.1) is 11.6 Å². The molecule has 0 aromatic heterocycles. The molecule has 1 nitrogen and oxygen atoms in total. The van der Waals surface area contributed by atoms with Gasteiger partial charge in [0.25, 0.3) is 0 Å². The molecule has 0 spiro atoms. The van der Waals surface area contributed by atoms with E-state index in [1.807, 2.05) is 25.1 Å². The van der Waals surface area contributed by atoms with Crippen molar-refractivity contribution in [3.63, 3.8) is 0 Å². The maximum atomic E-state index is 12.9. The molecule has 0 saturated carbocycles. The molecule has 0 bridgehead atoms. The first kappa shape index (κ1) is 11.1. The molecule has 0 aliphatic heterocycles. The minimum atomic E-state index is -0.214. The SMILES string of the molecule is Cc1cc(F)cc(NC/C=C/CCl)c1. The monoisotopic (exact) mass is 213 g/mol. The summed E-state index contributed by atoms with van der Waals surface area (Å²) in [6.07, 6.45) is 3.76. The number of rotatable bonds is 4. The van der Waals surface area contributed by atoms with Crippen LogP contribution in [0.2, 0.25) is 0 Å². The topological polar surface area (TPSA) is 12.0 Å². The Bertz CT molecular complexity index is 303. The molecule has 1 aromatic carbocycles. The van der Waals surface area contributed by atoms with E-state index >= 15 is 0 Å². The van der Waals surface area contributed by atoms with Crippen molar-refractivity contribution in [2.24, 2.45) is 0 Å². The van der Waals surface area contributed by atoms with Gasteiger partial charge in [-0.05, 0) is 30.7 Å². The molecule has 14 heavy (non-hydrogen) atoms. The number of allylic oxidation sites excluding steroid dienone is 1. The largest absolute Gasteiger partial charge is 0.381 e. The molecule has 0 aliphatic rings. The first-order valence-corrected chi connectivity index (χ1v) is 4.98. The molecule has 0 amide bonds. The highest BCUT2D eigenvalue weighted by molar-refractivity contribution is 6.18. The molecule has 76 valence electrons. The van der Waals surface area contributed by atoms with E-state index in [0.717, 1.165) is 11.3 Å². The van der Waals surface area contributed by atoms with Crippen molar-refractivity contribution in [3.05, 3.63) is 41.7 Å². The minimum Gasteiger partial charge on any atom is -0.381 e. The zero-order valence-corrected chi connectivity index (χ0v) is 8.81. The van der Waals surface area contributed by atoms with Gasteiger partial charge in [-0.25, -0.2) is 4.39 Å². The predicted molar refractivity (Wildman–Crippen MR) is 59.5 cm³/mol. The van der Waals surface area contributed by atoms with Crippen LogP contribution in [0.1, 0.15) is 5.56 Å². The normalized spacial score (nSPS) is 10.8. The van der Waals surface area contributed by atoms with Crippen molar-refractivity contribution in [3.8, 4) is 0 Å². The lowest BCUT2D eigenvalue weighted by atomic mass is 10.2. The number of benzene rings is 1. The van der Waals surface area contributed by atoms with E-state index in [1.165, 1.54) is 12.1 Å². The Balaban J connectivity index is 2.54. The summed E-state index contributed by atoms with van der Waals surface area (Å²) in [5.41, 5.74) is 1.70. The molecule has 1 N–H and O–H groups in total. The van der Waals surface area contributed by atoms with Crippen molar-refractivity contribution in [2.45, 2.75) is 6.92 Å². The summed E-state index contributed by atoms with van der Waals surface area (Å²) >= 11 is 5.46. The average molecular weight is 214 g/mol. The summed E-state index contributed by atoms with van der Waals surface area (Å²) < 4.78 is 12.9. The summed E-state index contributed by atoms with van der Waals surface area (Å²) in [5.74, 6) is 0.290. The Morgan fingerprint density at radius 1 is 1.36 bits per heavy atom. The number of alkyl halides is 1. The molecule has 0 atom stereocenters. The summed E-state index contributed by atoms with van der Waals surface area (Å²) in [4.78, 5) is 0. The van der Waals surface area contributed by atoms with Crippen molar-refractivity contribution < 1.29 is 4.39 Å². The predicted octanol–water partition coefficient (Wildman–Crippen LogP) is 3.34. The van der Waals surface area contributed by atoms with E-state index in [1.54, 1.807) is 0 Å². The fourth-order valence-electron chi connectivity index (χ4n) is 1.16. The van der Waals surface area contributed by atoms with Gasteiger partial charge in [0, 0.05) is 18.1 Å². The van der Waals surface area contributed by atoms with E-state index in [0.29, 0.717) is 12.4 Å². The van der Waals surface area contributed by atoms with Crippen molar-refractivity contribution >= 4 is 17.3 Å². The van der Waals surface area contributed by atoms with Gasteiger partial charge in [0.15, 0.2) is 0 Å². The molecule has 1 aromatic rings. The Kier molecular flexibility index (Phi) is 4.47. The Morgan fingerprint density at radius 2 is 2.14 bits per heavy atom. The average Bonchev–Trinajstić information content (AvgIpc) is 2.11. The third-order valence-corrected chi connectivity index (χ3v) is 1.90. The van der Waals surface area contributed by atoms with Crippen LogP contribution in [0.15, 0.2) is 30.4 Å². The molecule has 0 heterocycles. The summed E-state index contributed by atoms with van der Waals surface area (Å²) in [5, 5.41) is 3.08. The highest BCUT2D eigenvalue weighted by atomic mass is 35.5. The van der Waals surface area contributed by atoms with Crippen LogP contribution in [0.3, 0.4) is 0 Å². The van der Waals surface area contributed by atoms with Crippen LogP contribution in [0, 0.1) is 12.7 Å². The van der Waals surface area contributed by atoms with Gasteiger partial charge >= 0.3 is 0 Å². The van der Waals surface area contributed by atoms with Crippen molar-refractivity contribution in [1.29, 1.82) is 0 Å².